The summed E-state index contributed by atoms with van der Waals surface area (Å²) in [6, 6.07) is 5.65. The molecule has 0 amide bonds. The van der Waals surface area contributed by atoms with E-state index >= 15 is 0 Å². The van der Waals surface area contributed by atoms with Gasteiger partial charge in [-0.1, -0.05) is 13.8 Å². The summed E-state index contributed by atoms with van der Waals surface area (Å²) in [4.78, 5) is 12.3. The van der Waals surface area contributed by atoms with Crippen molar-refractivity contribution in [1.29, 1.82) is 4.78 Å². The first-order chi connectivity index (χ1) is 13.2. The van der Waals surface area contributed by atoms with Gasteiger partial charge in [0.1, 0.15) is 9.92 Å². The number of carbonyl (C=O) groups is 1. The average Bonchev–Trinajstić information content (AvgIpc) is 2.69. The number of hydrogen-bond donors (Lipinski definition) is 1. The van der Waals surface area contributed by atoms with Crippen molar-refractivity contribution in [1.82, 2.24) is 8.61 Å². The Morgan fingerprint density at radius 2 is 1.71 bits per heavy atom. The normalized spacial score (nSPS) is 20.6. The molecule has 8 nitrogen and oxygen atoms in total. The maximum atomic E-state index is 13.0. The predicted octanol–water partition coefficient (Wildman–Crippen LogP) is 2.31. The van der Waals surface area contributed by atoms with Crippen LogP contribution in [0.15, 0.2) is 34.1 Å². The van der Waals surface area contributed by atoms with Crippen molar-refractivity contribution in [2.75, 3.05) is 32.8 Å². The molecule has 0 aliphatic carbocycles. The van der Waals surface area contributed by atoms with E-state index < -0.39 is 25.9 Å². The SMILES string of the molecule is CCOC(=O)[C@@H]1CCCN(S(=O)(=O)c2ccc(S(=N)(=O)N(CC)CC)cc2)C1. The Morgan fingerprint density at radius 3 is 2.25 bits per heavy atom. The predicted molar refractivity (Wildman–Crippen MR) is 107 cm³/mol. The molecule has 2 atom stereocenters. The van der Waals surface area contributed by atoms with E-state index in [1.807, 2.05) is 13.8 Å². The maximum absolute atomic E-state index is 13.0. The van der Waals surface area contributed by atoms with Crippen LogP contribution in [0.25, 0.3) is 0 Å². The number of nitrogens with zero attached hydrogens (tertiary/aromatic N) is 2. The molecule has 1 fully saturated rings. The first-order valence-electron chi connectivity index (χ1n) is 9.49. The Morgan fingerprint density at radius 1 is 1.14 bits per heavy atom. The number of nitrogens with one attached hydrogen (secondary N) is 1. The number of ether oxygens (including phenoxy) is 1. The average molecular weight is 432 g/mol. The minimum absolute atomic E-state index is 0.0653. The summed E-state index contributed by atoms with van der Waals surface area (Å²) in [6.45, 7) is 7.00. The molecular weight excluding hydrogens is 402 g/mol. The van der Waals surface area contributed by atoms with Gasteiger partial charge >= 0.3 is 5.97 Å². The van der Waals surface area contributed by atoms with Gasteiger partial charge in [0.25, 0.3) is 0 Å². The third-order valence-corrected chi connectivity index (χ3v) is 8.89. The van der Waals surface area contributed by atoms with Gasteiger partial charge in [0.05, 0.1) is 22.3 Å². The second-order valence-corrected chi connectivity index (χ2v) is 10.5. The van der Waals surface area contributed by atoms with Crippen LogP contribution >= 0.6 is 0 Å². The van der Waals surface area contributed by atoms with Crippen LogP contribution in [0, 0.1) is 10.7 Å². The van der Waals surface area contributed by atoms with E-state index in [2.05, 4.69) is 0 Å². The van der Waals surface area contributed by atoms with Crippen LogP contribution in [0.5, 0.6) is 0 Å². The van der Waals surface area contributed by atoms with E-state index in [0.717, 1.165) is 0 Å². The highest BCUT2D eigenvalue weighted by atomic mass is 32.2. The molecule has 1 heterocycles. The van der Waals surface area contributed by atoms with E-state index in [1.54, 1.807) is 6.92 Å². The summed E-state index contributed by atoms with van der Waals surface area (Å²) in [7, 11) is -6.93. The highest BCUT2D eigenvalue weighted by Gasteiger charge is 2.34. The Hall–Kier alpha value is -1.49. The molecular formula is C18H29N3O5S2. The fourth-order valence-corrected chi connectivity index (χ4v) is 6.35. The van der Waals surface area contributed by atoms with Gasteiger partial charge in [-0.3, -0.25) is 4.79 Å². The van der Waals surface area contributed by atoms with E-state index in [1.165, 1.54) is 32.9 Å². The van der Waals surface area contributed by atoms with Gasteiger partial charge in [-0.2, -0.15) is 4.31 Å². The Labute approximate surface area is 168 Å². The van der Waals surface area contributed by atoms with Gasteiger partial charge in [-0.15, -0.1) is 0 Å². The molecule has 0 aromatic heterocycles. The molecule has 0 bridgehead atoms. The summed E-state index contributed by atoms with van der Waals surface area (Å²) in [6.07, 6.45) is 1.19. The van der Waals surface area contributed by atoms with Crippen molar-refractivity contribution in [3.8, 4) is 0 Å². The highest BCUT2D eigenvalue weighted by molar-refractivity contribution is 7.90. The number of hydrogen-bond acceptors (Lipinski definition) is 6. The summed E-state index contributed by atoms with van der Waals surface area (Å²) in [5.41, 5.74) is 0. The summed E-state index contributed by atoms with van der Waals surface area (Å²) < 4.78 is 54.8. The molecule has 1 aromatic rings. The van der Waals surface area contributed by atoms with Crippen molar-refractivity contribution in [2.24, 2.45) is 5.92 Å². The Bertz CT molecular complexity index is 878. The zero-order valence-electron chi connectivity index (χ0n) is 16.6. The number of sulfonamides is 1. The minimum Gasteiger partial charge on any atom is -0.466 e. The van der Waals surface area contributed by atoms with Crippen molar-refractivity contribution >= 4 is 25.9 Å². The summed E-state index contributed by atoms with van der Waals surface area (Å²) in [5.74, 6) is -0.830. The lowest BCUT2D eigenvalue weighted by Gasteiger charge is -2.30. The molecule has 2 rings (SSSR count). The van der Waals surface area contributed by atoms with Crippen LogP contribution in [-0.2, 0) is 29.5 Å². The quantitative estimate of drug-likeness (QED) is 0.636. The zero-order chi connectivity index (χ0) is 20.9. The molecule has 1 N–H and O–H groups in total. The third-order valence-electron chi connectivity index (χ3n) is 4.85. The fourth-order valence-electron chi connectivity index (χ4n) is 3.29. The molecule has 1 aromatic carbocycles. The number of carbonyl (C=O) groups excluding carboxylic acids is 1. The summed E-state index contributed by atoms with van der Waals surface area (Å²) in [5, 5.41) is 0. The number of benzene rings is 1. The van der Waals surface area contributed by atoms with Gasteiger partial charge in [0, 0.05) is 26.2 Å². The molecule has 0 spiro atoms. The van der Waals surface area contributed by atoms with Crippen LogP contribution < -0.4 is 0 Å². The van der Waals surface area contributed by atoms with Crippen LogP contribution in [0.1, 0.15) is 33.6 Å². The molecule has 0 saturated carbocycles. The van der Waals surface area contributed by atoms with Crippen molar-refractivity contribution in [3.63, 3.8) is 0 Å². The largest absolute Gasteiger partial charge is 0.466 e. The van der Waals surface area contributed by atoms with Gasteiger partial charge in [0.2, 0.25) is 10.0 Å². The molecule has 1 aliphatic heterocycles. The molecule has 0 radical (unpaired) electrons. The molecule has 1 saturated heterocycles. The Kier molecular flexibility index (Phi) is 7.60. The van der Waals surface area contributed by atoms with Crippen molar-refractivity contribution in [3.05, 3.63) is 24.3 Å². The third kappa shape index (κ3) is 4.73. The first-order valence-corrected chi connectivity index (χ1v) is 12.4. The lowest BCUT2D eigenvalue weighted by Crippen LogP contribution is -2.42. The highest BCUT2D eigenvalue weighted by Crippen LogP contribution is 2.26. The molecule has 1 unspecified atom stereocenters. The van der Waals surface area contributed by atoms with Gasteiger partial charge < -0.3 is 4.74 Å². The standard InChI is InChI=1S/C18H29N3O5S2/c1-4-20(5-2)27(19,23)16-9-11-17(12-10-16)28(24,25)21-13-7-8-15(14-21)18(22)26-6-3/h9-12,15,19H,4-8,13-14H2,1-3H3/t15-,27?/m1/s1. The fraction of sp³-hybridized carbons (Fsp3) is 0.611. The lowest BCUT2D eigenvalue weighted by atomic mass is 10.0. The second-order valence-electron chi connectivity index (χ2n) is 6.57. The van der Waals surface area contributed by atoms with Crippen LogP contribution in [0.3, 0.4) is 0 Å². The van der Waals surface area contributed by atoms with E-state index in [0.29, 0.717) is 32.5 Å². The van der Waals surface area contributed by atoms with Crippen LogP contribution in [-0.4, -0.2) is 60.0 Å². The van der Waals surface area contributed by atoms with Crippen LogP contribution in [0.4, 0.5) is 0 Å². The molecule has 28 heavy (non-hydrogen) atoms. The summed E-state index contributed by atoms with van der Waals surface area (Å²) >= 11 is 0. The second kappa shape index (κ2) is 9.34. The minimum atomic E-state index is -3.78. The lowest BCUT2D eigenvalue weighted by molar-refractivity contribution is -0.149. The molecule has 158 valence electrons. The van der Waals surface area contributed by atoms with Crippen molar-refractivity contribution in [2.45, 2.75) is 43.4 Å². The monoisotopic (exact) mass is 431 g/mol. The Balaban J connectivity index is 2.23. The molecule has 1 aliphatic rings. The number of piperidine rings is 1. The van der Waals surface area contributed by atoms with Gasteiger partial charge in [-0.25, -0.2) is 21.7 Å². The zero-order valence-corrected chi connectivity index (χ0v) is 18.2. The van der Waals surface area contributed by atoms with E-state index in [9.17, 15) is 17.4 Å². The number of rotatable bonds is 8. The van der Waals surface area contributed by atoms with E-state index in [4.69, 9.17) is 9.52 Å². The van der Waals surface area contributed by atoms with Crippen LogP contribution in [0.2, 0.25) is 0 Å². The van der Waals surface area contributed by atoms with E-state index in [-0.39, 0.29) is 28.9 Å². The first kappa shape index (κ1) is 22.8. The smallest absolute Gasteiger partial charge is 0.310 e. The number of esters is 1. The topological polar surface area (TPSA) is 108 Å². The van der Waals surface area contributed by atoms with Gasteiger partial charge in [-0.05, 0) is 44.0 Å². The maximum Gasteiger partial charge on any atom is 0.310 e. The van der Waals surface area contributed by atoms with Gasteiger partial charge in [0.15, 0.2) is 0 Å². The molecule has 10 heteroatoms. The van der Waals surface area contributed by atoms with Crippen molar-refractivity contribution < 1.29 is 22.2 Å².